The zero-order valence-corrected chi connectivity index (χ0v) is 10.2. The van der Waals surface area contributed by atoms with E-state index in [9.17, 15) is 14.5 Å². The Morgan fingerprint density at radius 2 is 1.95 bits per heavy atom. The fourth-order valence-electron chi connectivity index (χ4n) is 1.56. The third kappa shape index (κ3) is 3.09. The van der Waals surface area contributed by atoms with Gasteiger partial charge in [0.1, 0.15) is 18.2 Å². The molecule has 0 saturated carbocycles. The molecule has 0 fully saturated rings. The zero-order chi connectivity index (χ0) is 14.5. The third-order valence-corrected chi connectivity index (χ3v) is 2.62. The van der Waals surface area contributed by atoms with E-state index in [0.29, 0.717) is 11.3 Å². The Morgan fingerprint density at radius 1 is 1.25 bits per heavy atom. The lowest BCUT2D eigenvalue weighted by molar-refractivity contribution is -0.384. The van der Waals surface area contributed by atoms with Crippen LogP contribution in [0.3, 0.4) is 0 Å². The summed E-state index contributed by atoms with van der Waals surface area (Å²) >= 11 is 0. The van der Waals surface area contributed by atoms with Crippen molar-refractivity contribution in [1.82, 2.24) is 0 Å². The molecule has 0 saturated heterocycles. The number of ether oxygens (including phenoxy) is 1. The van der Waals surface area contributed by atoms with Gasteiger partial charge < -0.3 is 4.74 Å². The first kappa shape index (κ1) is 13.5. The first-order valence-corrected chi connectivity index (χ1v) is 5.66. The van der Waals surface area contributed by atoms with Crippen molar-refractivity contribution in [3.8, 4) is 11.8 Å². The minimum atomic E-state index is -0.522. The summed E-state index contributed by atoms with van der Waals surface area (Å²) < 4.78 is 18.9. The summed E-state index contributed by atoms with van der Waals surface area (Å²) in [6.45, 7) is -0.0185. The smallest absolute Gasteiger partial charge is 0.269 e. The van der Waals surface area contributed by atoms with Crippen LogP contribution in [0, 0.1) is 27.3 Å². The molecule has 0 aliphatic carbocycles. The number of nitro benzene ring substituents is 1. The van der Waals surface area contributed by atoms with Crippen molar-refractivity contribution in [3.63, 3.8) is 0 Å². The van der Waals surface area contributed by atoms with Crippen LogP contribution >= 0.6 is 0 Å². The molecular weight excluding hydrogens is 263 g/mol. The molecule has 2 rings (SSSR count). The van der Waals surface area contributed by atoms with Crippen LogP contribution in [0.1, 0.15) is 11.1 Å². The molecule has 0 unspecified atom stereocenters. The molecule has 0 atom stereocenters. The van der Waals surface area contributed by atoms with Crippen LogP contribution in [-0.2, 0) is 6.61 Å². The van der Waals surface area contributed by atoms with Crippen LogP contribution in [-0.4, -0.2) is 4.92 Å². The number of halogens is 1. The maximum atomic E-state index is 13.6. The predicted octanol–water partition coefficient (Wildman–Crippen LogP) is 3.18. The van der Waals surface area contributed by atoms with Gasteiger partial charge in [0.05, 0.1) is 16.6 Å². The average Bonchev–Trinajstić information content (AvgIpc) is 2.46. The fourth-order valence-corrected chi connectivity index (χ4v) is 1.56. The summed E-state index contributed by atoms with van der Waals surface area (Å²) in [5.74, 6) is -0.120. The van der Waals surface area contributed by atoms with Crippen molar-refractivity contribution in [1.29, 1.82) is 5.26 Å². The van der Waals surface area contributed by atoms with E-state index in [4.69, 9.17) is 10.00 Å². The van der Waals surface area contributed by atoms with Gasteiger partial charge in [-0.2, -0.15) is 5.26 Å². The molecule has 0 amide bonds. The van der Waals surface area contributed by atoms with Crippen LogP contribution in [0.5, 0.6) is 5.75 Å². The van der Waals surface area contributed by atoms with Crippen LogP contribution in [0.25, 0.3) is 0 Å². The Hall–Kier alpha value is -2.94. The summed E-state index contributed by atoms with van der Waals surface area (Å²) in [5, 5.41) is 19.1. The summed E-state index contributed by atoms with van der Waals surface area (Å²) in [6.07, 6.45) is 0. The maximum absolute atomic E-state index is 13.6. The number of hydrogen-bond donors (Lipinski definition) is 0. The molecule has 0 aliphatic rings. The van der Waals surface area contributed by atoms with Gasteiger partial charge >= 0.3 is 0 Å². The molecule has 0 bridgehead atoms. The lowest BCUT2D eigenvalue weighted by atomic mass is 10.1. The van der Waals surface area contributed by atoms with E-state index in [2.05, 4.69) is 0 Å². The largest absolute Gasteiger partial charge is 0.489 e. The quantitative estimate of drug-likeness (QED) is 0.632. The van der Waals surface area contributed by atoms with Gasteiger partial charge in [0.2, 0.25) is 0 Å². The van der Waals surface area contributed by atoms with Gasteiger partial charge in [-0.3, -0.25) is 10.1 Å². The minimum Gasteiger partial charge on any atom is -0.489 e. The summed E-state index contributed by atoms with van der Waals surface area (Å²) in [5.41, 5.74) is 0.505. The highest BCUT2D eigenvalue weighted by molar-refractivity contribution is 5.36. The normalized spacial score (nSPS) is 9.80. The van der Waals surface area contributed by atoms with Crippen LogP contribution in [0.4, 0.5) is 10.1 Å². The molecule has 0 N–H and O–H groups in total. The highest BCUT2D eigenvalue weighted by Gasteiger charge is 2.07. The molecule has 0 heterocycles. The second-order valence-corrected chi connectivity index (χ2v) is 3.96. The number of hydrogen-bond acceptors (Lipinski definition) is 4. The fraction of sp³-hybridized carbons (Fsp3) is 0.0714. The first-order chi connectivity index (χ1) is 9.60. The number of nitriles is 1. The van der Waals surface area contributed by atoms with Crippen molar-refractivity contribution >= 4 is 5.69 Å². The van der Waals surface area contributed by atoms with E-state index in [-0.39, 0.29) is 17.9 Å². The van der Waals surface area contributed by atoms with Crippen molar-refractivity contribution in [2.24, 2.45) is 0 Å². The van der Waals surface area contributed by atoms with Gasteiger partial charge in [-0.05, 0) is 24.3 Å². The lowest BCUT2D eigenvalue weighted by Crippen LogP contribution is -1.99. The second kappa shape index (κ2) is 5.80. The van der Waals surface area contributed by atoms with Gasteiger partial charge in [0.15, 0.2) is 0 Å². The first-order valence-electron chi connectivity index (χ1n) is 5.66. The Labute approximate surface area is 114 Å². The number of benzene rings is 2. The Bertz CT molecular complexity index is 678. The summed E-state index contributed by atoms with van der Waals surface area (Å²) in [7, 11) is 0. The van der Waals surface area contributed by atoms with Crippen LogP contribution < -0.4 is 4.74 Å². The van der Waals surface area contributed by atoms with Gasteiger partial charge in [0, 0.05) is 17.7 Å². The standard InChI is InChI=1S/C14H9FN2O3/c15-14-7-10(8-16)1-2-11(14)9-20-13-5-3-12(4-6-13)17(18)19/h1-7H,9H2. The summed E-state index contributed by atoms with van der Waals surface area (Å²) in [6, 6.07) is 11.5. The molecule has 0 aliphatic heterocycles. The molecular formula is C14H9FN2O3. The molecule has 6 heteroatoms. The van der Waals surface area contributed by atoms with Gasteiger partial charge in [-0.15, -0.1) is 0 Å². The van der Waals surface area contributed by atoms with Crippen molar-refractivity contribution < 1.29 is 14.1 Å². The van der Waals surface area contributed by atoms with Crippen LogP contribution in [0.2, 0.25) is 0 Å². The molecule has 5 nitrogen and oxygen atoms in total. The Kier molecular flexibility index (Phi) is 3.91. The highest BCUT2D eigenvalue weighted by atomic mass is 19.1. The van der Waals surface area contributed by atoms with Gasteiger partial charge in [-0.1, -0.05) is 6.07 Å². The summed E-state index contributed by atoms with van der Waals surface area (Å²) in [4.78, 5) is 9.98. The SMILES string of the molecule is N#Cc1ccc(COc2ccc([N+](=O)[O-])cc2)c(F)c1. The highest BCUT2D eigenvalue weighted by Crippen LogP contribution is 2.19. The Balaban J connectivity index is 2.05. The topological polar surface area (TPSA) is 76.2 Å². The maximum Gasteiger partial charge on any atom is 0.269 e. The second-order valence-electron chi connectivity index (χ2n) is 3.96. The molecule has 2 aromatic rings. The molecule has 0 aromatic heterocycles. The molecule has 2 aromatic carbocycles. The van der Waals surface area contributed by atoms with E-state index in [1.807, 2.05) is 6.07 Å². The van der Waals surface area contributed by atoms with E-state index >= 15 is 0 Å². The van der Waals surface area contributed by atoms with E-state index in [1.165, 1.54) is 36.4 Å². The van der Waals surface area contributed by atoms with Crippen LogP contribution in [0.15, 0.2) is 42.5 Å². The molecule has 0 radical (unpaired) electrons. The molecule has 0 spiro atoms. The third-order valence-electron chi connectivity index (χ3n) is 2.62. The van der Waals surface area contributed by atoms with E-state index in [1.54, 1.807) is 0 Å². The van der Waals surface area contributed by atoms with Gasteiger partial charge in [-0.25, -0.2) is 4.39 Å². The minimum absolute atomic E-state index is 0.0185. The van der Waals surface area contributed by atoms with Crippen molar-refractivity contribution in [3.05, 3.63) is 69.5 Å². The molecule has 100 valence electrons. The lowest BCUT2D eigenvalue weighted by Gasteiger charge is -2.07. The van der Waals surface area contributed by atoms with E-state index < -0.39 is 10.7 Å². The average molecular weight is 272 g/mol. The van der Waals surface area contributed by atoms with Gasteiger partial charge in [0.25, 0.3) is 5.69 Å². The predicted molar refractivity (Wildman–Crippen MR) is 68.5 cm³/mol. The number of non-ortho nitro benzene ring substituents is 1. The number of rotatable bonds is 4. The van der Waals surface area contributed by atoms with Crippen molar-refractivity contribution in [2.45, 2.75) is 6.61 Å². The molecule has 20 heavy (non-hydrogen) atoms. The number of nitrogens with zero attached hydrogens (tertiary/aromatic N) is 2. The van der Waals surface area contributed by atoms with Crippen molar-refractivity contribution in [2.75, 3.05) is 0 Å². The zero-order valence-electron chi connectivity index (χ0n) is 10.2. The Morgan fingerprint density at radius 3 is 2.50 bits per heavy atom. The number of nitro groups is 1. The monoisotopic (exact) mass is 272 g/mol. The van der Waals surface area contributed by atoms with E-state index in [0.717, 1.165) is 6.07 Å².